The fourth-order valence-electron chi connectivity index (χ4n) is 1.38. The number of rotatable bonds is 3. The van der Waals surface area contributed by atoms with Crippen LogP contribution < -0.4 is 4.74 Å². The Hall–Kier alpha value is -2.10. The predicted molar refractivity (Wildman–Crippen MR) is 58.8 cm³/mol. The summed E-state index contributed by atoms with van der Waals surface area (Å²) in [7, 11) is 0. The van der Waals surface area contributed by atoms with Gasteiger partial charge in [0.2, 0.25) is 0 Å². The molecule has 88 valence electrons. The molecule has 0 bridgehead atoms. The Morgan fingerprint density at radius 2 is 1.82 bits per heavy atom. The molecule has 0 aliphatic heterocycles. The van der Waals surface area contributed by atoms with Crippen molar-refractivity contribution in [2.24, 2.45) is 0 Å². The van der Waals surface area contributed by atoms with E-state index in [-0.39, 0.29) is 18.1 Å². The van der Waals surface area contributed by atoms with Gasteiger partial charge in [0.05, 0.1) is 0 Å². The summed E-state index contributed by atoms with van der Waals surface area (Å²) >= 11 is 0. The molecule has 4 heteroatoms. The monoisotopic (exact) mass is 236 g/mol. The van der Waals surface area contributed by atoms with Crippen LogP contribution in [0.25, 0.3) is 0 Å². The van der Waals surface area contributed by atoms with Gasteiger partial charge in [-0.05, 0) is 24.3 Å². The van der Waals surface area contributed by atoms with Gasteiger partial charge >= 0.3 is 0 Å². The maximum atomic E-state index is 13.2. The van der Waals surface area contributed by atoms with Crippen molar-refractivity contribution in [2.75, 3.05) is 0 Å². The average molecular weight is 236 g/mol. The molecule has 0 atom stereocenters. The second-order valence-electron chi connectivity index (χ2n) is 3.49. The van der Waals surface area contributed by atoms with Crippen molar-refractivity contribution < 1.29 is 18.6 Å². The Labute approximate surface area is 97.1 Å². The Morgan fingerprint density at radius 1 is 1.06 bits per heavy atom. The largest absolute Gasteiger partial charge is 0.507 e. The molecule has 0 aliphatic rings. The first-order valence-electron chi connectivity index (χ1n) is 5.01. The summed E-state index contributed by atoms with van der Waals surface area (Å²) < 4.78 is 31.1. The summed E-state index contributed by atoms with van der Waals surface area (Å²) in [6.07, 6.45) is 0. The number of ether oxygens (including phenoxy) is 1. The zero-order valence-electron chi connectivity index (χ0n) is 8.86. The molecule has 0 spiro atoms. The standard InChI is InChI=1S/C13H10F2O2/c14-10-6-5-9(12(16)7-10)8-17-13-4-2-1-3-11(13)15/h1-7,16H,8H2. The lowest BCUT2D eigenvalue weighted by Gasteiger charge is -2.08. The molecular formula is C13H10F2O2. The Balaban J connectivity index is 2.10. The molecule has 2 aromatic rings. The lowest BCUT2D eigenvalue weighted by molar-refractivity contribution is 0.284. The molecule has 0 saturated heterocycles. The van der Waals surface area contributed by atoms with E-state index in [2.05, 4.69) is 0 Å². The zero-order valence-corrected chi connectivity index (χ0v) is 8.86. The molecular weight excluding hydrogens is 226 g/mol. The van der Waals surface area contributed by atoms with Crippen LogP contribution in [-0.4, -0.2) is 5.11 Å². The van der Waals surface area contributed by atoms with E-state index >= 15 is 0 Å². The van der Waals surface area contributed by atoms with Crippen molar-refractivity contribution in [3.63, 3.8) is 0 Å². The molecule has 0 radical (unpaired) electrons. The first kappa shape index (κ1) is 11.4. The van der Waals surface area contributed by atoms with E-state index < -0.39 is 11.6 Å². The van der Waals surface area contributed by atoms with Crippen LogP contribution in [0.4, 0.5) is 8.78 Å². The Bertz CT molecular complexity index is 527. The molecule has 1 N–H and O–H groups in total. The summed E-state index contributed by atoms with van der Waals surface area (Å²) in [5, 5.41) is 9.42. The molecule has 2 nitrogen and oxygen atoms in total. The highest BCUT2D eigenvalue weighted by atomic mass is 19.1. The van der Waals surface area contributed by atoms with Crippen LogP contribution in [0.5, 0.6) is 11.5 Å². The van der Waals surface area contributed by atoms with Crippen LogP contribution in [0.1, 0.15) is 5.56 Å². The normalized spacial score (nSPS) is 10.2. The quantitative estimate of drug-likeness (QED) is 0.886. The van der Waals surface area contributed by atoms with Crippen molar-refractivity contribution in [3.8, 4) is 11.5 Å². The SMILES string of the molecule is Oc1cc(F)ccc1COc1ccccc1F. The molecule has 17 heavy (non-hydrogen) atoms. The number of benzene rings is 2. The zero-order chi connectivity index (χ0) is 12.3. The molecule has 0 saturated carbocycles. The fourth-order valence-corrected chi connectivity index (χ4v) is 1.38. The van der Waals surface area contributed by atoms with E-state index in [0.29, 0.717) is 5.56 Å². The number of halogens is 2. The van der Waals surface area contributed by atoms with Crippen LogP contribution in [0.2, 0.25) is 0 Å². The van der Waals surface area contributed by atoms with E-state index in [4.69, 9.17) is 4.74 Å². The van der Waals surface area contributed by atoms with Gasteiger partial charge in [-0.2, -0.15) is 0 Å². The Kier molecular flexibility index (Phi) is 3.23. The maximum absolute atomic E-state index is 13.2. The molecule has 0 aliphatic carbocycles. The number of para-hydroxylation sites is 1. The van der Waals surface area contributed by atoms with Crippen LogP contribution in [0.3, 0.4) is 0 Å². The van der Waals surface area contributed by atoms with E-state index in [0.717, 1.165) is 6.07 Å². The average Bonchev–Trinajstić information content (AvgIpc) is 2.30. The van der Waals surface area contributed by atoms with Crippen molar-refractivity contribution in [2.45, 2.75) is 6.61 Å². The second kappa shape index (κ2) is 4.82. The van der Waals surface area contributed by atoms with Gasteiger partial charge in [0.1, 0.15) is 18.2 Å². The second-order valence-corrected chi connectivity index (χ2v) is 3.49. The molecule has 0 unspecified atom stereocenters. The lowest BCUT2D eigenvalue weighted by Crippen LogP contribution is -1.97. The summed E-state index contributed by atoms with van der Waals surface area (Å²) in [5.41, 5.74) is 0.398. The van der Waals surface area contributed by atoms with Crippen LogP contribution in [0.15, 0.2) is 42.5 Å². The number of aromatic hydroxyl groups is 1. The van der Waals surface area contributed by atoms with Gasteiger partial charge in [0.25, 0.3) is 0 Å². The van der Waals surface area contributed by atoms with Gasteiger partial charge in [0.15, 0.2) is 11.6 Å². The number of hydrogen-bond acceptors (Lipinski definition) is 2. The molecule has 0 aromatic heterocycles. The molecule has 0 amide bonds. The summed E-state index contributed by atoms with van der Waals surface area (Å²) in [6.45, 7) is -0.0208. The lowest BCUT2D eigenvalue weighted by atomic mass is 10.2. The van der Waals surface area contributed by atoms with E-state index in [9.17, 15) is 13.9 Å². The number of hydrogen-bond donors (Lipinski definition) is 1. The first-order valence-corrected chi connectivity index (χ1v) is 5.01. The predicted octanol–water partition coefficient (Wildman–Crippen LogP) is 3.25. The highest BCUT2D eigenvalue weighted by Gasteiger charge is 2.06. The van der Waals surface area contributed by atoms with Gasteiger partial charge < -0.3 is 9.84 Å². The molecule has 0 fully saturated rings. The minimum absolute atomic E-state index is 0.0208. The van der Waals surface area contributed by atoms with Gasteiger partial charge in [-0.3, -0.25) is 0 Å². The van der Waals surface area contributed by atoms with Gasteiger partial charge in [0, 0.05) is 11.6 Å². The number of phenolic OH excluding ortho intramolecular Hbond substituents is 1. The van der Waals surface area contributed by atoms with Gasteiger partial charge in [-0.1, -0.05) is 12.1 Å². The Morgan fingerprint density at radius 3 is 2.53 bits per heavy atom. The van der Waals surface area contributed by atoms with Crippen LogP contribution >= 0.6 is 0 Å². The van der Waals surface area contributed by atoms with Crippen LogP contribution in [0, 0.1) is 11.6 Å². The maximum Gasteiger partial charge on any atom is 0.165 e. The number of phenols is 1. The van der Waals surface area contributed by atoms with Crippen molar-refractivity contribution in [1.29, 1.82) is 0 Å². The highest BCUT2D eigenvalue weighted by molar-refractivity contribution is 5.33. The smallest absolute Gasteiger partial charge is 0.165 e. The van der Waals surface area contributed by atoms with Crippen LogP contribution in [-0.2, 0) is 6.61 Å². The summed E-state index contributed by atoms with van der Waals surface area (Å²) in [6, 6.07) is 9.54. The third kappa shape index (κ3) is 2.72. The molecule has 2 aromatic carbocycles. The van der Waals surface area contributed by atoms with Crippen molar-refractivity contribution in [3.05, 3.63) is 59.7 Å². The summed E-state index contributed by atoms with van der Waals surface area (Å²) in [4.78, 5) is 0. The van der Waals surface area contributed by atoms with Crippen molar-refractivity contribution in [1.82, 2.24) is 0 Å². The molecule has 2 rings (SSSR count). The first-order chi connectivity index (χ1) is 8.16. The molecule has 0 heterocycles. The fraction of sp³-hybridized carbons (Fsp3) is 0.0769. The van der Waals surface area contributed by atoms with E-state index in [1.807, 2.05) is 0 Å². The van der Waals surface area contributed by atoms with E-state index in [1.54, 1.807) is 12.1 Å². The topological polar surface area (TPSA) is 29.5 Å². The van der Waals surface area contributed by atoms with Crippen molar-refractivity contribution >= 4 is 0 Å². The van der Waals surface area contributed by atoms with Gasteiger partial charge in [-0.15, -0.1) is 0 Å². The van der Waals surface area contributed by atoms with E-state index in [1.165, 1.54) is 24.3 Å². The van der Waals surface area contributed by atoms with Gasteiger partial charge in [-0.25, -0.2) is 8.78 Å². The third-order valence-corrected chi connectivity index (χ3v) is 2.27. The third-order valence-electron chi connectivity index (χ3n) is 2.27. The minimum atomic E-state index is -0.530. The minimum Gasteiger partial charge on any atom is -0.507 e. The highest BCUT2D eigenvalue weighted by Crippen LogP contribution is 2.22. The summed E-state index contributed by atoms with van der Waals surface area (Å²) in [5.74, 6) is -1.12.